The standard InChI is InChI=1S/C57H66N4O7/c58-54-40-15-14-39-45(63)17-16-43-55(61-31-42-41(30-59-44(42)32-61)53-52(39)51(40)36(29-60-54)28-57(53)20-6-7-21-57)68-50-25-35(46(64)27-49(50)67-23-22-56(43)18-4-5-19-56)10-12-37(62)26-48(66)38-13-11-34(24-47(38)65)33-8-2-1-3-9-33/h11,13-15,25,27,30-34,36,38,43,45,47-48,53-55,59-60,63-66H,1-10,12,18-21,24,26,28-29,58H2. The molecule has 5 aliphatic carbocycles. The maximum absolute atomic E-state index is 13.5. The maximum Gasteiger partial charge on any atom is 0.191 e. The lowest BCUT2D eigenvalue weighted by molar-refractivity contribution is -0.122. The smallest absolute Gasteiger partial charge is 0.191 e. The molecule has 3 saturated carbocycles. The molecule has 4 aromatic rings. The fraction of sp³-hybridized carbons (Fsp3) is 0.561. The van der Waals surface area contributed by atoms with E-state index in [2.05, 4.69) is 75.5 Å². The van der Waals surface area contributed by atoms with Crippen molar-refractivity contribution in [1.82, 2.24) is 14.9 Å². The van der Waals surface area contributed by atoms with Crippen LogP contribution in [0.25, 0.3) is 10.9 Å². The number of aromatic nitrogens is 2. The summed E-state index contributed by atoms with van der Waals surface area (Å²) in [6.45, 7) is 0.814. The van der Waals surface area contributed by atoms with Crippen LogP contribution in [0.4, 0.5) is 0 Å². The Kier molecular flexibility index (Phi) is 11.3. The topological polar surface area (TPSA) is 175 Å². The minimum atomic E-state index is -1.07. The van der Waals surface area contributed by atoms with Crippen molar-refractivity contribution in [1.29, 1.82) is 0 Å². The van der Waals surface area contributed by atoms with E-state index < -0.39 is 41.8 Å². The molecule has 0 radical (unpaired) electrons. The van der Waals surface area contributed by atoms with E-state index >= 15 is 0 Å². The van der Waals surface area contributed by atoms with Gasteiger partial charge in [-0.15, -0.1) is 0 Å². The third-order valence-corrected chi connectivity index (χ3v) is 18.2. The third-order valence-electron chi connectivity index (χ3n) is 18.2. The number of carbonyl (C=O) groups is 1. The summed E-state index contributed by atoms with van der Waals surface area (Å²) >= 11 is 0. The number of rotatable bonds is 7. The highest BCUT2D eigenvalue weighted by atomic mass is 16.5. The lowest BCUT2D eigenvalue weighted by Crippen LogP contribution is -2.45. The molecule has 68 heavy (non-hydrogen) atoms. The molecule has 3 fully saturated rings. The number of aliphatic hydroxyl groups is 3. The van der Waals surface area contributed by atoms with Crippen LogP contribution in [0.1, 0.15) is 173 Å². The summed E-state index contributed by atoms with van der Waals surface area (Å²) in [6, 6.07) is 7.46. The highest BCUT2D eigenvalue weighted by Gasteiger charge is 2.53. The predicted molar refractivity (Wildman–Crippen MR) is 258 cm³/mol. The van der Waals surface area contributed by atoms with Gasteiger partial charge in [0.25, 0.3) is 0 Å². The number of ketones is 1. The number of aromatic hydroxyl groups is 1. The van der Waals surface area contributed by atoms with Gasteiger partial charge in [0.15, 0.2) is 17.7 Å². The summed E-state index contributed by atoms with van der Waals surface area (Å²) in [7, 11) is 0. The Hall–Kier alpha value is -5.01. The van der Waals surface area contributed by atoms with Crippen molar-refractivity contribution in [2.45, 2.75) is 158 Å². The molecular formula is C57H66N4O7. The summed E-state index contributed by atoms with van der Waals surface area (Å²) < 4.78 is 15.5. The van der Waals surface area contributed by atoms with E-state index in [9.17, 15) is 25.2 Å². The molecule has 11 nitrogen and oxygen atoms in total. The van der Waals surface area contributed by atoms with Crippen molar-refractivity contribution < 1.29 is 34.7 Å². The first-order valence-corrected chi connectivity index (χ1v) is 25.9. The predicted octanol–water partition coefficient (Wildman–Crippen LogP) is 8.96. The molecule has 12 rings (SSSR count). The molecule has 10 atom stereocenters. The Morgan fingerprint density at radius 1 is 0.926 bits per heavy atom. The van der Waals surface area contributed by atoms with E-state index in [0.29, 0.717) is 35.5 Å². The van der Waals surface area contributed by atoms with Crippen LogP contribution < -0.4 is 20.5 Å². The van der Waals surface area contributed by atoms with Gasteiger partial charge in [-0.3, -0.25) is 10.1 Å². The lowest BCUT2D eigenvalue weighted by atomic mass is 9.55. The zero-order valence-electron chi connectivity index (χ0n) is 39.0. The van der Waals surface area contributed by atoms with Crippen LogP contribution in [0.3, 0.4) is 0 Å². The molecule has 8 aliphatic rings. The number of aromatic amines is 1. The minimum absolute atomic E-state index is 0.0173. The Morgan fingerprint density at radius 2 is 1.72 bits per heavy atom. The van der Waals surface area contributed by atoms with Crippen LogP contribution in [0.2, 0.25) is 0 Å². The van der Waals surface area contributed by atoms with Crippen LogP contribution in [0.5, 0.6) is 17.2 Å². The normalized spacial score (nSPS) is 31.3. The molecule has 10 unspecified atom stereocenters. The van der Waals surface area contributed by atoms with Crippen molar-refractivity contribution in [2.24, 2.45) is 40.2 Å². The van der Waals surface area contributed by atoms with E-state index in [0.717, 1.165) is 73.5 Å². The van der Waals surface area contributed by atoms with Crippen molar-refractivity contribution in [3.05, 3.63) is 88.4 Å². The number of carbonyl (C=O) groups excluding carboxylic acids is 1. The molecule has 2 aromatic heterocycles. The zero-order chi connectivity index (χ0) is 46.3. The van der Waals surface area contributed by atoms with E-state index in [1.807, 2.05) is 6.08 Å². The first kappa shape index (κ1) is 44.2. The summed E-state index contributed by atoms with van der Waals surface area (Å²) in [4.78, 5) is 17.2. The number of allylic oxidation sites excluding steroid dienone is 1. The van der Waals surface area contributed by atoms with Gasteiger partial charge in [0, 0.05) is 61.3 Å². The summed E-state index contributed by atoms with van der Waals surface area (Å²) in [6.07, 6.45) is 26.0. The van der Waals surface area contributed by atoms with Crippen molar-refractivity contribution in [3.8, 4) is 41.1 Å². The zero-order valence-corrected chi connectivity index (χ0v) is 39.0. The second kappa shape index (κ2) is 17.4. The Balaban J connectivity index is 0.887. The Bertz CT molecular complexity index is 2760. The number of benzene rings is 2. The number of phenolic OH excluding ortho intramolecular Hbond substituents is 1. The van der Waals surface area contributed by atoms with Crippen LogP contribution in [0, 0.1) is 58.4 Å². The fourth-order valence-electron chi connectivity index (χ4n) is 14.8. The van der Waals surface area contributed by atoms with Gasteiger partial charge in [0.2, 0.25) is 0 Å². The monoisotopic (exact) mass is 918 g/mol. The van der Waals surface area contributed by atoms with Crippen LogP contribution in [0.15, 0.2) is 55.0 Å². The SMILES string of the molecule is NC1NCC2CC3(CCCC3)C3c4c(ccc1c42)C(O)C#CC1C(Oc2cc(CCC(=O)CC(O)C4C=CC(C5CCCCC5)CC4O)c(O)cc2OC#CC12CCCC2)n1cc2[nH]cc3c2c1. The molecule has 0 saturated heterocycles. The molecule has 2 bridgehead atoms. The number of Topliss-reactive ketones (excluding diaryl/α,β-unsaturated/α-hetero) is 1. The number of nitrogens with two attached hydrogens (primary N) is 1. The quantitative estimate of drug-likeness (QED) is 0.0705. The fourth-order valence-corrected chi connectivity index (χ4v) is 14.8. The molecule has 356 valence electrons. The number of fused-ring (bicyclic) bond motifs is 7. The largest absolute Gasteiger partial charge is 0.508 e. The number of hydrogen-bond acceptors (Lipinski definition) is 9. The van der Waals surface area contributed by atoms with Gasteiger partial charge >= 0.3 is 0 Å². The number of nitrogens with zero attached hydrogens (tertiary/aromatic N) is 1. The Labute approximate surface area is 399 Å². The number of nitrogens with one attached hydrogen (secondary N) is 2. The van der Waals surface area contributed by atoms with Crippen molar-refractivity contribution >= 4 is 16.7 Å². The number of ether oxygens (including phenoxy) is 2. The minimum Gasteiger partial charge on any atom is -0.508 e. The molecular weight excluding hydrogens is 853 g/mol. The molecule has 5 heterocycles. The van der Waals surface area contributed by atoms with Gasteiger partial charge < -0.3 is 45.2 Å². The average molecular weight is 919 g/mol. The summed E-state index contributed by atoms with van der Waals surface area (Å²) in [5.74, 6) is 11.3. The van der Waals surface area contributed by atoms with Gasteiger partial charge in [-0.1, -0.05) is 87.0 Å². The van der Waals surface area contributed by atoms with E-state index in [-0.39, 0.29) is 54.0 Å². The molecule has 8 N–H and O–H groups in total. The van der Waals surface area contributed by atoms with Gasteiger partial charge in [-0.05, 0) is 120 Å². The van der Waals surface area contributed by atoms with E-state index in [4.69, 9.17) is 15.2 Å². The molecule has 3 aliphatic heterocycles. The Morgan fingerprint density at radius 3 is 2.53 bits per heavy atom. The summed E-state index contributed by atoms with van der Waals surface area (Å²) in [5.41, 5.74) is 13.4. The number of hydrogen-bond donors (Lipinski definition) is 7. The maximum atomic E-state index is 13.5. The van der Waals surface area contributed by atoms with Crippen molar-refractivity contribution in [2.75, 3.05) is 6.54 Å². The van der Waals surface area contributed by atoms with Crippen LogP contribution >= 0.6 is 0 Å². The van der Waals surface area contributed by atoms with Crippen LogP contribution in [-0.2, 0) is 11.2 Å². The number of H-pyrrole nitrogens is 1. The molecule has 2 aromatic carbocycles. The third kappa shape index (κ3) is 7.51. The number of phenols is 1. The molecule has 11 heteroatoms. The number of aliphatic hydroxyl groups excluding tert-OH is 3. The van der Waals surface area contributed by atoms with Gasteiger partial charge in [0.05, 0.1) is 35.2 Å². The summed E-state index contributed by atoms with van der Waals surface area (Å²) in [5, 5.41) is 51.0. The van der Waals surface area contributed by atoms with E-state index in [1.54, 1.807) is 6.07 Å². The molecule has 2 spiro atoms. The van der Waals surface area contributed by atoms with Gasteiger partial charge in [-0.25, -0.2) is 0 Å². The second-order valence-electron chi connectivity index (χ2n) is 22.1. The average Bonchev–Trinajstić information content (AvgIpc) is 4.17. The highest BCUT2D eigenvalue weighted by Crippen LogP contribution is 2.64. The van der Waals surface area contributed by atoms with Gasteiger partial charge in [0.1, 0.15) is 23.7 Å². The van der Waals surface area contributed by atoms with Crippen LogP contribution in [-0.4, -0.2) is 54.5 Å². The number of aryl methyl sites for hydroxylation is 1. The van der Waals surface area contributed by atoms with Crippen molar-refractivity contribution in [3.63, 3.8) is 0 Å². The first-order valence-electron chi connectivity index (χ1n) is 25.9. The van der Waals surface area contributed by atoms with Gasteiger partial charge in [-0.2, -0.15) is 0 Å². The first-order chi connectivity index (χ1) is 33.1. The highest BCUT2D eigenvalue weighted by molar-refractivity contribution is 5.85. The second-order valence-corrected chi connectivity index (χ2v) is 22.1. The lowest BCUT2D eigenvalue weighted by Gasteiger charge is -2.50. The molecule has 0 amide bonds. The van der Waals surface area contributed by atoms with E-state index in [1.165, 1.54) is 67.7 Å².